The maximum atomic E-state index is 12.3. The van der Waals surface area contributed by atoms with E-state index >= 15 is 0 Å². The number of benzene rings is 1. The number of esters is 1. The van der Waals surface area contributed by atoms with Crippen LogP contribution >= 0.6 is 0 Å². The van der Waals surface area contributed by atoms with Gasteiger partial charge in [-0.3, -0.25) is 9.78 Å². The minimum Gasteiger partial charge on any atom is -0.494 e. The van der Waals surface area contributed by atoms with E-state index in [2.05, 4.69) is 4.98 Å². The van der Waals surface area contributed by atoms with Gasteiger partial charge in [0, 0.05) is 17.8 Å². The van der Waals surface area contributed by atoms with Crippen molar-refractivity contribution in [3.63, 3.8) is 0 Å². The highest BCUT2D eigenvalue weighted by Crippen LogP contribution is 2.23. The van der Waals surface area contributed by atoms with E-state index in [1.807, 2.05) is 44.2 Å². The second kappa shape index (κ2) is 15.1. The van der Waals surface area contributed by atoms with E-state index in [9.17, 15) is 9.59 Å². The molecule has 6 nitrogen and oxygen atoms in total. The van der Waals surface area contributed by atoms with Gasteiger partial charge in [-0.15, -0.1) is 0 Å². The van der Waals surface area contributed by atoms with Crippen LogP contribution in [-0.2, 0) is 9.53 Å². The number of rotatable bonds is 16. The minimum absolute atomic E-state index is 0.0138. The Morgan fingerprint density at radius 3 is 2.22 bits per heavy atom. The van der Waals surface area contributed by atoms with Crippen molar-refractivity contribution in [2.75, 3.05) is 13.2 Å². The Kier molecular flexibility index (Phi) is 11.5. The fraction of sp³-hybridized carbons (Fsp3) is 0.500. The molecule has 2 heterocycles. The quantitative estimate of drug-likeness (QED) is 0.153. The second-order valence-electron chi connectivity index (χ2n) is 9.39. The third-order valence-electron chi connectivity index (χ3n) is 6.51. The summed E-state index contributed by atoms with van der Waals surface area (Å²) in [6.45, 7) is 5.17. The Balaban J connectivity index is 1.23. The molecular formula is C30H39NO5. The molecule has 6 heteroatoms. The van der Waals surface area contributed by atoms with Crippen LogP contribution in [0.2, 0.25) is 0 Å². The van der Waals surface area contributed by atoms with Crippen LogP contribution < -0.4 is 10.4 Å². The van der Waals surface area contributed by atoms with E-state index in [1.54, 1.807) is 18.5 Å². The van der Waals surface area contributed by atoms with Crippen molar-refractivity contribution >= 4 is 16.9 Å². The molecule has 0 fully saturated rings. The number of unbranched alkanes of at least 4 members (excludes halogenated alkanes) is 8. The second-order valence-corrected chi connectivity index (χ2v) is 9.39. The van der Waals surface area contributed by atoms with Crippen LogP contribution in [0.3, 0.4) is 0 Å². The zero-order valence-electron chi connectivity index (χ0n) is 21.7. The summed E-state index contributed by atoms with van der Waals surface area (Å²) in [5, 5.41) is 0.798. The number of nitrogens with zero attached hydrogens (tertiary/aromatic N) is 1. The average molecular weight is 494 g/mol. The summed E-state index contributed by atoms with van der Waals surface area (Å²) in [6.07, 6.45) is 14.6. The van der Waals surface area contributed by atoms with Gasteiger partial charge in [0.05, 0.1) is 24.7 Å². The summed E-state index contributed by atoms with van der Waals surface area (Å²) in [6, 6.07) is 11.1. The molecular weight excluding hydrogens is 454 g/mol. The molecule has 0 bridgehead atoms. The van der Waals surface area contributed by atoms with Gasteiger partial charge in [-0.25, -0.2) is 4.79 Å². The predicted molar refractivity (Wildman–Crippen MR) is 143 cm³/mol. The first-order valence-corrected chi connectivity index (χ1v) is 13.4. The monoisotopic (exact) mass is 493 g/mol. The molecule has 3 rings (SSSR count). The lowest BCUT2D eigenvalue weighted by molar-refractivity contribution is -0.148. The van der Waals surface area contributed by atoms with Gasteiger partial charge in [-0.05, 0) is 49.1 Å². The Labute approximate surface area is 214 Å². The standard InChI is InChI=1S/C30H39NO5/c1-3-23(2)29(32)35-20-12-10-8-6-4-5-7-9-11-19-34-26-15-13-24(14-16-26)27-21-25-22-31-18-17-28(25)36-30(27)33/h13-18,21-23H,3-12,19-20H2,1-2H3. The molecule has 0 saturated heterocycles. The third kappa shape index (κ3) is 8.81. The molecule has 0 N–H and O–H groups in total. The Morgan fingerprint density at radius 2 is 1.56 bits per heavy atom. The van der Waals surface area contributed by atoms with Crippen LogP contribution in [-0.4, -0.2) is 24.2 Å². The molecule has 2 aromatic heterocycles. The fourth-order valence-corrected chi connectivity index (χ4v) is 4.01. The maximum Gasteiger partial charge on any atom is 0.344 e. The van der Waals surface area contributed by atoms with Crippen LogP contribution in [0.25, 0.3) is 22.1 Å². The van der Waals surface area contributed by atoms with Crippen molar-refractivity contribution < 1.29 is 18.7 Å². The molecule has 1 aromatic carbocycles. The van der Waals surface area contributed by atoms with Crippen LogP contribution in [0.5, 0.6) is 5.75 Å². The highest BCUT2D eigenvalue weighted by molar-refractivity contribution is 5.80. The van der Waals surface area contributed by atoms with Gasteiger partial charge < -0.3 is 13.9 Å². The zero-order chi connectivity index (χ0) is 25.6. The number of hydrogen-bond donors (Lipinski definition) is 0. The molecule has 1 atom stereocenters. The summed E-state index contributed by atoms with van der Waals surface area (Å²) in [4.78, 5) is 28.0. The first-order chi connectivity index (χ1) is 17.6. The van der Waals surface area contributed by atoms with Gasteiger partial charge in [0.2, 0.25) is 0 Å². The SMILES string of the molecule is CCC(C)C(=O)OCCCCCCCCCCCOc1ccc(-c2cc3cnccc3oc2=O)cc1. The van der Waals surface area contributed by atoms with Crippen LogP contribution in [0, 0.1) is 5.92 Å². The summed E-state index contributed by atoms with van der Waals surface area (Å²) < 4.78 is 16.6. The minimum atomic E-state index is -0.357. The predicted octanol–water partition coefficient (Wildman–Crippen LogP) is 7.33. The summed E-state index contributed by atoms with van der Waals surface area (Å²) in [7, 11) is 0. The third-order valence-corrected chi connectivity index (χ3v) is 6.51. The number of ether oxygens (including phenoxy) is 2. The lowest BCUT2D eigenvalue weighted by Crippen LogP contribution is -2.14. The molecule has 194 valence electrons. The van der Waals surface area contributed by atoms with E-state index in [4.69, 9.17) is 13.9 Å². The number of carbonyl (C=O) groups is 1. The summed E-state index contributed by atoms with van der Waals surface area (Å²) >= 11 is 0. The Bertz CT molecular complexity index is 1120. The molecule has 0 saturated carbocycles. The lowest BCUT2D eigenvalue weighted by atomic mass is 10.1. The molecule has 3 aromatic rings. The number of fused-ring (bicyclic) bond motifs is 1. The Morgan fingerprint density at radius 1 is 0.917 bits per heavy atom. The van der Waals surface area contributed by atoms with Crippen molar-refractivity contribution in [2.45, 2.75) is 78.1 Å². The Hall–Kier alpha value is -3.15. The topological polar surface area (TPSA) is 78.6 Å². The van der Waals surface area contributed by atoms with Crippen molar-refractivity contribution in [1.29, 1.82) is 0 Å². The molecule has 0 spiro atoms. The van der Waals surface area contributed by atoms with Crippen molar-refractivity contribution in [3.8, 4) is 16.9 Å². The van der Waals surface area contributed by atoms with E-state index in [1.165, 1.54) is 32.1 Å². The largest absolute Gasteiger partial charge is 0.494 e. The van der Waals surface area contributed by atoms with Gasteiger partial charge in [-0.2, -0.15) is 0 Å². The molecule has 1 unspecified atom stereocenters. The molecule has 36 heavy (non-hydrogen) atoms. The number of hydrogen-bond acceptors (Lipinski definition) is 6. The van der Waals surface area contributed by atoms with Crippen LogP contribution in [0.15, 0.2) is 58.0 Å². The maximum absolute atomic E-state index is 12.3. The van der Waals surface area contributed by atoms with Crippen molar-refractivity contribution in [1.82, 2.24) is 4.98 Å². The molecule has 0 radical (unpaired) electrons. The van der Waals surface area contributed by atoms with Gasteiger partial charge in [-0.1, -0.05) is 70.9 Å². The molecule has 0 amide bonds. The van der Waals surface area contributed by atoms with Crippen LogP contribution in [0.1, 0.15) is 78.1 Å². The summed E-state index contributed by atoms with van der Waals surface area (Å²) in [5.74, 6) is 0.756. The zero-order valence-corrected chi connectivity index (χ0v) is 21.7. The van der Waals surface area contributed by atoms with Gasteiger partial charge >= 0.3 is 11.6 Å². The molecule has 0 aliphatic heterocycles. The van der Waals surface area contributed by atoms with Crippen LogP contribution in [0.4, 0.5) is 0 Å². The van der Waals surface area contributed by atoms with Crippen molar-refractivity contribution in [2.24, 2.45) is 5.92 Å². The van der Waals surface area contributed by atoms with Gasteiger partial charge in [0.25, 0.3) is 0 Å². The first-order valence-electron chi connectivity index (χ1n) is 13.4. The van der Waals surface area contributed by atoms with Gasteiger partial charge in [0.15, 0.2) is 0 Å². The highest BCUT2D eigenvalue weighted by atomic mass is 16.5. The lowest BCUT2D eigenvalue weighted by Gasteiger charge is -2.09. The van der Waals surface area contributed by atoms with E-state index in [0.29, 0.717) is 24.4 Å². The van der Waals surface area contributed by atoms with E-state index in [-0.39, 0.29) is 17.5 Å². The first kappa shape index (κ1) is 27.4. The van der Waals surface area contributed by atoms with Gasteiger partial charge in [0.1, 0.15) is 11.3 Å². The molecule has 0 aliphatic rings. The smallest absolute Gasteiger partial charge is 0.344 e. The summed E-state index contributed by atoms with van der Waals surface area (Å²) in [5.41, 5.74) is 1.50. The van der Waals surface area contributed by atoms with Crippen molar-refractivity contribution in [3.05, 3.63) is 59.2 Å². The highest BCUT2D eigenvalue weighted by Gasteiger charge is 2.11. The fourth-order valence-electron chi connectivity index (χ4n) is 4.01. The number of carbonyl (C=O) groups excluding carboxylic acids is 1. The van der Waals surface area contributed by atoms with E-state index in [0.717, 1.165) is 48.8 Å². The average Bonchev–Trinajstić information content (AvgIpc) is 2.90. The normalized spacial score (nSPS) is 11.9. The number of aromatic nitrogens is 1. The van der Waals surface area contributed by atoms with E-state index < -0.39 is 0 Å². The number of pyridine rings is 1. The molecule has 0 aliphatic carbocycles.